The van der Waals surface area contributed by atoms with E-state index in [-0.39, 0.29) is 4.83 Å². The maximum Gasteiger partial charge on any atom is 0.124 e. The summed E-state index contributed by atoms with van der Waals surface area (Å²) in [4.78, 5) is 0.0435. The average molecular weight is 374 g/mol. The van der Waals surface area contributed by atoms with Gasteiger partial charge in [-0.15, -0.1) is 0 Å². The van der Waals surface area contributed by atoms with Gasteiger partial charge >= 0.3 is 0 Å². The van der Waals surface area contributed by atoms with E-state index < -0.39 is 0 Å². The molecule has 1 atom stereocenters. The standard InChI is InChI=1S/C16H15BrCl2O/c1-9-4-11(5-10(2)16(9)20-3)15(17)12-6-13(18)8-14(19)7-12/h4-8,15H,1-3H3. The van der Waals surface area contributed by atoms with Crippen molar-refractivity contribution in [2.45, 2.75) is 18.7 Å². The first-order valence-electron chi connectivity index (χ1n) is 6.17. The molecule has 2 rings (SSSR count). The normalized spacial score (nSPS) is 12.3. The molecule has 0 saturated heterocycles. The van der Waals surface area contributed by atoms with Gasteiger partial charge in [0.2, 0.25) is 0 Å². The van der Waals surface area contributed by atoms with Gasteiger partial charge in [-0.05, 0) is 54.3 Å². The van der Waals surface area contributed by atoms with Crippen molar-refractivity contribution < 1.29 is 4.74 Å². The molecule has 1 nitrogen and oxygen atoms in total. The zero-order valence-corrected chi connectivity index (χ0v) is 14.6. The zero-order valence-electron chi connectivity index (χ0n) is 11.5. The molecule has 20 heavy (non-hydrogen) atoms. The lowest BCUT2D eigenvalue weighted by Gasteiger charge is -2.16. The lowest BCUT2D eigenvalue weighted by molar-refractivity contribution is 0.408. The van der Waals surface area contributed by atoms with Crippen molar-refractivity contribution >= 4 is 39.1 Å². The van der Waals surface area contributed by atoms with Crippen molar-refractivity contribution in [3.8, 4) is 5.75 Å². The fourth-order valence-electron chi connectivity index (χ4n) is 2.37. The quantitative estimate of drug-likeness (QED) is 0.590. The molecule has 0 aliphatic carbocycles. The number of ether oxygens (including phenoxy) is 1. The van der Waals surface area contributed by atoms with Gasteiger partial charge in [-0.2, -0.15) is 0 Å². The molecule has 0 aliphatic heterocycles. The first-order chi connectivity index (χ1) is 9.42. The number of hydrogen-bond acceptors (Lipinski definition) is 1. The van der Waals surface area contributed by atoms with E-state index in [1.165, 1.54) is 0 Å². The van der Waals surface area contributed by atoms with Crippen LogP contribution in [0, 0.1) is 13.8 Å². The monoisotopic (exact) mass is 372 g/mol. The molecule has 0 aliphatic rings. The second-order valence-electron chi connectivity index (χ2n) is 4.75. The van der Waals surface area contributed by atoms with E-state index in [1.807, 2.05) is 26.0 Å². The van der Waals surface area contributed by atoms with Crippen LogP contribution in [0.3, 0.4) is 0 Å². The molecule has 4 heteroatoms. The lowest BCUT2D eigenvalue weighted by Crippen LogP contribution is -1.98. The van der Waals surface area contributed by atoms with Crippen molar-refractivity contribution in [1.82, 2.24) is 0 Å². The molecule has 0 amide bonds. The number of alkyl halides is 1. The largest absolute Gasteiger partial charge is 0.496 e. The van der Waals surface area contributed by atoms with Gasteiger partial charge in [0.15, 0.2) is 0 Å². The number of methoxy groups -OCH3 is 1. The minimum atomic E-state index is 0.0435. The molecule has 1 unspecified atom stereocenters. The maximum absolute atomic E-state index is 6.07. The average Bonchev–Trinajstić information content (AvgIpc) is 2.36. The summed E-state index contributed by atoms with van der Waals surface area (Å²) < 4.78 is 5.40. The van der Waals surface area contributed by atoms with E-state index in [9.17, 15) is 0 Å². The highest BCUT2D eigenvalue weighted by atomic mass is 79.9. The number of rotatable bonds is 3. The minimum Gasteiger partial charge on any atom is -0.496 e. The van der Waals surface area contributed by atoms with E-state index in [1.54, 1.807) is 13.2 Å². The first-order valence-corrected chi connectivity index (χ1v) is 7.84. The van der Waals surface area contributed by atoms with Crippen LogP contribution in [0.4, 0.5) is 0 Å². The zero-order chi connectivity index (χ0) is 14.9. The molecule has 0 aromatic heterocycles. The Kier molecular flexibility index (Phi) is 5.00. The Bertz CT molecular complexity index is 597. The van der Waals surface area contributed by atoms with Crippen molar-refractivity contribution in [2.75, 3.05) is 7.11 Å². The number of hydrogen-bond donors (Lipinski definition) is 0. The molecule has 0 saturated carbocycles. The Hall–Kier alpha value is -0.700. The molecule has 0 bridgehead atoms. The summed E-state index contributed by atoms with van der Waals surface area (Å²) in [5.74, 6) is 0.928. The molecule has 0 N–H and O–H groups in total. The summed E-state index contributed by atoms with van der Waals surface area (Å²) in [5, 5.41) is 1.28. The van der Waals surface area contributed by atoms with Gasteiger partial charge in [-0.1, -0.05) is 51.3 Å². The van der Waals surface area contributed by atoms with Crippen LogP contribution in [-0.2, 0) is 0 Å². The lowest BCUT2D eigenvalue weighted by atomic mass is 9.99. The SMILES string of the molecule is COc1c(C)cc(C(Br)c2cc(Cl)cc(Cl)c2)cc1C. The van der Waals surface area contributed by atoms with Crippen molar-refractivity contribution in [3.63, 3.8) is 0 Å². The van der Waals surface area contributed by atoms with Crippen LogP contribution >= 0.6 is 39.1 Å². The van der Waals surface area contributed by atoms with Gasteiger partial charge in [-0.25, -0.2) is 0 Å². The van der Waals surface area contributed by atoms with Gasteiger partial charge in [0.25, 0.3) is 0 Å². The number of aryl methyl sites for hydroxylation is 2. The molecule has 2 aromatic carbocycles. The molecule has 0 heterocycles. The molecule has 106 valence electrons. The van der Waals surface area contributed by atoms with Gasteiger partial charge < -0.3 is 4.74 Å². The third kappa shape index (κ3) is 3.30. The second-order valence-corrected chi connectivity index (χ2v) is 6.54. The Balaban J connectivity index is 2.45. The van der Waals surface area contributed by atoms with Gasteiger partial charge in [-0.3, -0.25) is 0 Å². The van der Waals surface area contributed by atoms with Crippen LogP contribution in [0.15, 0.2) is 30.3 Å². The summed E-state index contributed by atoms with van der Waals surface area (Å²) in [5.41, 5.74) is 4.41. The van der Waals surface area contributed by atoms with Crippen LogP contribution in [-0.4, -0.2) is 7.11 Å². The fraction of sp³-hybridized carbons (Fsp3) is 0.250. The Morgan fingerprint density at radius 1 is 0.900 bits per heavy atom. The molecular weight excluding hydrogens is 359 g/mol. The summed E-state index contributed by atoms with van der Waals surface area (Å²) in [6, 6.07) is 9.79. The maximum atomic E-state index is 6.07. The highest BCUT2D eigenvalue weighted by Crippen LogP contribution is 2.37. The molecule has 0 radical (unpaired) electrons. The summed E-state index contributed by atoms with van der Waals surface area (Å²) in [6.45, 7) is 4.08. The Labute approximate surface area is 138 Å². The topological polar surface area (TPSA) is 9.23 Å². The number of benzene rings is 2. The van der Waals surface area contributed by atoms with Crippen LogP contribution in [0.2, 0.25) is 10.0 Å². The predicted octanol–water partition coefficient (Wildman–Crippen LogP) is 6.10. The Morgan fingerprint density at radius 2 is 1.35 bits per heavy atom. The van der Waals surface area contributed by atoms with E-state index in [2.05, 4.69) is 28.1 Å². The van der Waals surface area contributed by atoms with Gasteiger partial charge in [0.1, 0.15) is 5.75 Å². The van der Waals surface area contributed by atoms with Crippen LogP contribution in [0.1, 0.15) is 27.1 Å². The summed E-state index contributed by atoms with van der Waals surface area (Å²) in [7, 11) is 1.69. The van der Waals surface area contributed by atoms with Gasteiger partial charge in [0.05, 0.1) is 11.9 Å². The van der Waals surface area contributed by atoms with Crippen LogP contribution < -0.4 is 4.74 Å². The van der Waals surface area contributed by atoms with Crippen LogP contribution in [0.5, 0.6) is 5.75 Å². The van der Waals surface area contributed by atoms with Crippen molar-refractivity contribution in [3.05, 3.63) is 62.6 Å². The molecule has 0 fully saturated rings. The van der Waals surface area contributed by atoms with E-state index in [4.69, 9.17) is 27.9 Å². The molecule has 0 spiro atoms. The van der Waals surface area contributed by atoms with E-state index in [0.717, 1.165) is 28.0 Å². The predicted molar refractivity (Wildman–Crippen MR) is 89.7 cm³/mol. The first kappa shape index (κ1) is 15.7. The van der Waals surface area contributed by atoms with Crippen molar-refractivity contribution in [2.24, 2.45) is 0 Å². The van der Waals surface area contributed by atoms with E-state index in [0.29, 0.717) is 10.0 Å². The minimum absolute atomic E-state index is 0.0435. The summed E-state index contributed by atoms with van der Waals surface area (Å²) in [6.07, 6.45) is 0. The highest BCUT2D eigenvalue weighted by molar-refractivity contribution is 9.09. The summed E-state index contributed by atoms with van der Waals surface area (Å²) >= 11 is 15.9. The number of halogens is 3. The Morgan fingerprint density at radius 3 is 1.80 bits per heavy atom. The highest BCUT2D eigenvalue weighted by Gasteiger charge is 2.15. The molecule has 2 aromatic rings. The second kappa shape index (κ2) is 6.38. The third-order valence-corrected chi connectivity index (χ3v) is 4.65. The molecular formula is C16H15BrCl2O. The van der Waals surface area contributed by atoms with Gasteiger partial charge in [0, 0.05) is 10.0 Å². The van der Waals surface area contributed by atoms with Crippen molar-refractivity contribution in [1.29, 1.82) is 0 Å². The fourth-order valence-corrected chi connectivity index (χ4v) is 3.44. The third-order valence-electron chi connectivity index (χ3n) is 3.16. The van der Waals surface area contributed by atoms with Crippen LogP contribution in [0.25, 0.3) is 0 Å². The van der Waals surface area contributed by atoms with E-state index >= 15 is 0 Å². The smallest absolute Gasteiger partial charge is 0.124 e.